The van der Waals surface area contributed by atoms with Crippen LogP contribution in [0.15, 0.2) is 23.1 Å². The van der Waals surface area contributed by atoms with E-state index in [1.54, 1.807) is 6.92 Å². The molecule has 0 heterocycles. The van der Waals surface area contributed by atoms with Crippen molar-refractivity contribution in [1.82, 2.24) is 4.31 Å². The molecule has 0 spiro atoms. The summed E-state index contributed by atoms with van der Waals surface area (Å²) in [6, 6.07) is 3.26. The summed E-state index contributed by atoms with van der Waals surface area (Å²) in [4.78, 5) is 10.8. The molecule has 0 fully saturated rings. The van der Waals surface area contributed by atoms with Gasteiger partial charge in [-0.15, -0.1) is 0 Å². The van der Waals surface area contributed by atoms with Crippen LogP contribution in [-0.4, -0.2) is 42.0 Å². The van der Waals surface area contributed by atoms with Crippen molar-refractivity contribution in [1.29, 1.82) is 0 Å². The first-order chi connectivity index (χ1) is 8.84. The van der Waals surface area contributed by atoms with Gasteiger partial charge in [0.15, 0.2) is 0 Å². The molecular formula is C12H17NO5S. The average Bonchev–Trinajstić information content (AvgIpc) is 2.35. The Morgan fingerprint density at radius 1 is 1.32 bits per heavy atom. The first-order valence-electron chi connectivity index (χ1n) is 5.91. The number of phenols is 1. The van der Waals surface area contributed by atoms with E-state index in [1.165, 1.54) is 10.4 Å². The predicted octanol–water partition coefficient (Wildman–Crippen LogP) is 1.51. The highest BCUT2D eigenvalue weighted by Gasteiger charge is 2.24. The molecule has 0 radical (unpaired) electrons. The SMILES string of the molecule is CCCN(CC)S(=O)(=O)c1ccc(O)c(C(=O)O)c1. The van der Waals surface area contributed by atoms with Crippen molar-refractivity contribution < 1.29 is 23.4 Å². The summed E-state index contributed by atoms with van der Waals surface area (Å²) in [6.07, 6.45) is 0.664. The van der Waals surface area contributed by atoms with E-state index < -0.39 is 27.3 Å². The van der Waals surface area contributed by atoms with Crippen molar-refractivity contribution >= 4 is 16.0 Å². The molecule has 0 aromatic heterocycles. The molecule has 1 rings (SSSR count). The number of aromatic hydroxyl groups is 1. The molecule has 19 heavy (non-hydrogen) atoms. The predicted molar refractivity (Wildman–Crippen MR) is 69.8 cm³/mol. The number of sulfonamides is 1. The Kier molecular flexibility index (Phi) is 4.90. The molecule has 0 aliphatic rings. The standard InChI is InChI=1S/C12H17NO5S/c1-3-7-13(4-2)19(17,18)9-5-6-11(14)10(8-9)12(15)16/h5-6,8,14H,3-4,7H2,1-2H3,(H,15,16). The van der Waals surface area contributed by atoms with Crippen molar-refractivity contribution in [2.75, 3.05) is 13.1 Å². The number of aromatic carboxylic acids is 1. The van der Waals surface area contributed by atoms with Gasteiger partial charge in [0, 0.05) is 13.1 Å². The number of rotatable bonds is 6. The summed E-state index contributed by atoms with van der Waals surface area (Å²) in [5.74, 6) is -1.82. The van der Waals surface area contributed by atoms with Crippen LogP contribution in [0.25, 0.3) is 0 Å². The number of carboxylic acids is 1. The van der Waals surface area contributed by atoms with E-state index in [0.717, 1.165) is 12.1 Å². The quantitative estimate of drug-likeness (QED) is 0.827. The Bertz CT molecular complexity index is 567. The monoisotopic (exact) mass is 287 g/mol. The van der Waals surface area contributed by atoms with Crippen molar-refractivity contribution in [3.8, 4) is 5.75 Å². The molecule has 0 unspecified atom stereocenters. The minimum Gasteiger partial charge on any atom is -0.507 e. The smallest absolute Gasteiger partial charge is 0.339 e. The van der Waals surface area contributed by atoms with Gasteiger partial charge in [0.25, 0.3) is 0 Å². The summed E-state index contributed by atoms with van der Waals surface area (Å²) >= 11 is 0. The number of nitrogens with zero attached hydrogens (tertiary/aromatic N) is 1. The molecule has 1 aromatic carbocycles. The zero-order valence-corrected chi connectivity index (χ0v) is 11.6. The number of carboxylic acid groups (broad SMARTS) is 1. The lowest BCUT2D eigenvalue weighted by atomic mass is 10.2. The van der Waals surface area contributed by atoms with E-state index in [4.69, 9.17) is 5.11 Å². The van der Waals surface area contributed by atoms with Crippen molar-refractivity contribution in [2.45, 2.75) is 25.2 Å². The highest BCUT2D eigenvalue weighted by molar-refractivity contribution is 7.89. The van der Waals surface area contributed by atoms with Gasteiger partial charge in [-0.2, -0.15) is 4.31 Å². The maximum atomic E-state index is 12.3. The lowest BCUT2D eigenvalue weighted by Crippen LogP contribution is -2.31. The maximum Gasteiger partial charge on any atom is 0.339 e. The second kappa shape index (κ2) is 6.03. The molecule has 2 N–H and O–H groups in total. The Balaban J connectivity index is 3.29. The maximum absolute atomic E-state index is 12.3. The summed E-state index contributed by atoms with van der Waals surface area (Å²) in [5, 5.41) is 18.3. The van der Waals surface area contributed by atoms with Crippen molar-refractivity contribution in [3.63, 3.8) is 0 Å². The Labute approximate surface area is 112 Å². The van der Waals surface area contributed by atoms with Gasteiger partial charge in [-0.25, -0.2) is 13.2 Å². The van der Waals surface area contributed by atoms with E-state index in [-0.39, 0.29) is 4.90 Å². The van der Waals surface area contributed by atoms with E-state index in [1.807, 2.05) is 6.92 Å². The van der Waals surface area contributed by atoms with E-state index in [2.05, 4.69) is 0 Å². The molecule has 6 nitrogen and oxygen atoms in total. The molecule has 0 bridgehead atoms. The average molecular weight is 287 g/mol. The van der Waals surface area contributed by atoms with Gasteiger partial charge in [0.1, 0.15) is 11.3 Å². The van der Waals surface area contributed by atoms with Gasteiger partial charge < -0.3 is 10.2 Å². The zero-order chi connectivity index (χ0) is 14.6. The minimum atomic E-state index is -3.73. The number of hydrogen-bond donors (Lipinski definition) is 2. The molecule has 0 atom stereocenters. The molecular weight excluding hydrogens is 270 g/mol. The third kappa shape index (κ3) is 3.24. The van der Waals surface area contributed by atoms with E-state index >= 15 is 0 Å². The molecule has 1 aromatic rings. The van der Waals surface area contributed by atoms with Gasteiger partial charge in [-0.05, 0) is 24.6 Å². The molecule has 0 saturated heterocycles. The summed E-state index contributed by atoms with van der Waals surface area (Å²) in [6.45, 7) is 4.24. The van der Waals surface area contributed by atoms with Crippen LogP contribution in [0.3, 0.4) is 0 Å². The molecule has 0 saturated carbocycles. The van der Waals surface area contributed by atoms with Crippen LogP contribution >= 0.6 is 0 Å². The van der Waals surface area contributed by atoms with Crippen LogP contribution < -0.4 is 0 Å². The van der Waals surface area contributed by atoms with Crippen LogP contribution in [0.4, 0.5) is 0 Å². The first-order valence-corrected chi connectivity index (χ1v) is 7.35. The Morgan fingerprint density at radius 2 is 1.95 bits per heavy atom. The lowest BCUT2D eigenvalue weighted by molar-refractivity contribution is 0.0693. The minimum absolute atomic E-state index is 0.127. The van der Waals surface area contributed by atoms with Crippen LogP contribution in [-0.2, 0) is 10.0 Å². The lowest BCUT2D eigenvalue weighted by Gasteiger charge is -2.20. The van der Waals surface area contributed by atoms with Crippen LogP contribution in [0.5, 0.6) is 5.75 Å². The molecule has 7 heteroatoms. The fourth-order valence-electron chi connectivity index (χ4n) is 1.69. The Hall–Kier alpha value is -1.60. The van der Waals surface area contributed by atoms with E-state index in [0.29, 0.717) is 19.5 Å². The van der Waals surface area contributed by atoms with Gasteiger partial charge in [0.05, 0.1) is 4.90 Å². The van der Waals surface area contributed by atoms with Gasteiger partial charge >= 0.3 is 5.97 Å². The van der Waals surface area contributed by atoms with Crippen molar-refractivity contribution in [3.05, 3.63) is 23.8 Å². The summed E-state index contributed by atoms with van der Waals surface area (Å²) < 4.78 is 25.9. The molecule has 106 valence electrons. The molecule has 0 aliphatic carbocycles. The normalized spacial score (nSPS) is 11.7. The van der Waals surface area contributed by atoms with Gasteiger partial charge in [-0.1, -0.05) is 13.8 Å². The van der Waals surface area contributed by atoms with Gasteiger partial charge in [-0.3, -0.25) is 0 Å². The van der Waals surface area contributed by atoms with E-state index in [9.17, 15) is 18.3 Å². The second-order valence-corrected chi connectivity index (χ2v) is 5.92. The summed E-state index contributed by atoms with van der Waals surface area (Å²) in [7, 11) is -3.73. The fourth-order valence-corrected chi connectivity index (χ4v) is 3.26. The third-order valence-corrected chi connectivity index (χ3v) is 4.63. The Morgan fingerprint density at radius 3 is 2.42 bits per heavy atom. The largest absolute Gasteiger partial charge is 0.507 e. The van der Waals surface area contributed by atoms with Crippen LogP contribution in [0.2, 0.25) is 0 Å². The fraction of sp³-hybridized carbons (Fsp3) is 0.417. The van der Waals surface area contributed by atoms with Crippen LogP contribution in [0, 0.1) is 0 Å². The zero-order valence-electron chi connectivity index (χ0n) is 10.8. The highest BCUT2D eigenvalue weighted by atomic mass is 32.2. The molecule has 0 aliphatic heterocycles. The van der Waals surface area contributed by atoms with Crippen LogP contribution in [0.1, 0.15) is 30.6 Å². The second-order valence-electron chi connectivity index (χ2n) is 3.98. The van der Waals surface area contributed by atoms with Crippen molar-refractivity contribution in [2.24, 2.45) is 0 Å². The van der Waals surface area contributed by atoms with Gasteiger partial charge in [0.2, 0.25) is 10.0 Å². The first kappa shape index (κ1) is 15.5. The summed E-state index contributed by atoms with van der Waals surface area (Å²) in [5.41, 5.74) is -0.423. The third-order valence-electron chi connectivity index (χ3n) is 2.66. The number of hydrogen-bond acceptors (Lipinski definition) is 4. The number of carbonyl (C=O) groups is 1. The number of benzene rings is 1. The topological polar surface area (TPSA) is 94.9 Å². The molecule has 0 amide bonds. The highest BCUT2D eigenvalue weighted by Crippen LogP contribution is 2.23.